The average Bonchev–Trinajstić information content (AvgIpc) is 2.98. The van der Waals surface area contributed by atoms with Crippen LogP contribution in [0.5, 0.6) is 0 Å². The van der Waals surface area contributed by atoms with E-state index in [1.54, 1.807) is 29.2 Å². The SMILES string of the molecule is C=CCOC(=O)CCC/C=C\C[C@@H]1[C@@H](CN(C(C)=O)c2cc(Cl)cc(Cl)c2)[C@H](O)C[C@H]1Cl. The Hall–Kier alpha value is -1.53. The molecule has 5 nitrogen and oxygen atoms in total. The minimum Gasteiger partial charge on any atom is -0.461 e. The summed E-state index contributed by atoms with van der Waals surface area (Å²) in [7, 11) is 0. The molecule has 0 heterocycles. The predicted octanol–water partition coefficient (Wildman–Crippen LogP) is 5.80. The van der Waals surface area contributed by atoms with Crippen LogP contribution in [-0.2, 0) is 14.3 Å². The number of allylic oxidation sites excluding steroid dienone is 2. The third kappa shape index (κ3) is 8.11. The molecular weight excluding hydrogens is 473 g/mol. The van der Waals surface area contributed by atoms with Crippen LogP contribution in [0.3, 0.4) is 0 Å². The minimum absolute atomic E-state index is 0.0111. The van der Waals surface area contributed by atoms with E-state index < -0.39 is 6.10 Å². The van der Waals surface area contributed by atoms with E-state index in [9.17, 15) is 14.7 Å². The van der Waals surface area contributed by atoms with Crippen molar-refractivity contribution in [1.29, 1.82) is 0 Å². The number of amides is 1. The van der Waals surface area contributed by atoms with Gasteiger partial charge in [0.05, 0.1) is 6.10 Å². The van der Waals surface area contributed by atoms with Gasteiger partial charge in [-0.1, -0.05) is 48.0 Å². The maximum absolute atomic E-state index is 12.4. The highest BCUT2D eigenvalue weighted by molar-refractivity contribution is 6.35. The van der Waals surface area contributed by atoms with Gasteiger partial charge in [-0.25, -0.2) is 0 Å². The molecule has 0 saturated heterocycles. The number of esters is 1. The quantitative estimate of drug-likeness (QED) is 0.180. The van der Waals surface area contributed by atoms with Crippen LogP contribution in [0.4, 0.5) is 5.69 Å². The summed E-state index contributed by atoms with van der Waals surface area (Å²) in [6, 6.07) is 4.98. The van der Waals surface area contributed by atoms with Gasteiger partial charge < -0.3 is 14.7 Å². The number of hydrogen-bond donors (Lipinski definition) is 1. The van der Waals surface area contributed by atoms with Crippen LogP contribution in [0.1, 0.15) is 39.0 Å². The molecule has 0 unspecified atom stereocenters. The van der Waals surface area contributed by atoms with E-state index in [0.717, 1.165) is 6.42 Å². The molecule has 0 aromatic heterocycles. The van der Waals surface area contributed by atoms with Gasteiger partial charge in [-0.15, -0.1) is 11.6 Å². The van der Waals surface area contributed by atoms with Crippen molar-refractivity contribution < 1.29 is 19.4 Å². The number of unbranched alkanes of at least 4 members (excludes halogenated alkanes) is 1. The summed E-state index contributed by atoms with van der Waals surface area (Å²) in [5, 5.41) is 11.3. The molecule has 0 spiro atoms. The number of benzene rings is 1. The van der Waals surface area contributed by atoms with Gasteiger partial charge in [-0.3, -0.25) is 9.59 Å². The molecular formula is C24H30Cl3NO4. The first-order valence-electron chi connectivity index (χ1n) is 10.7. The maximum Gasteiger partial charge on any atom is 0.306 e. The van der Waals surface area contributed by atoms with Crippen molar-refractivity contribution in [2.24, 2.45) is 11.8 Å². The van der Waals surface area contributed by atoms with Crippen LogP contribution in [0.15, 0.2) is 43.0 Å². The molecule has 32 heavy (non-hydrogen) atoms. The Kier molecular flexibility index (Phi) is 11.1. The normalized spacial score (nSPS) is 22.8. The fraction of sp³-hybridized carbons (Fsp3) is 0.500. The number of alkyl halides is 1. The summed E-state index contributed by atoms with van der Waals surface area (Å²) >= 11 is 18.8. The molecule has 176 valence electrons. The Morgan fingerprint density at radius 3 is 2.53 bits per heavy atom. The van der Waals surface area contributed by atoms with Gasteiger partial charge >= 0.3 is 5.97 Å². The second-order valence-corrected chi connectivity index (χ2v) is 9.41. The van der Waals surface area contributed by atoms with E-state index in [0.29, 0.717) is 48.0 Å². The lowest BCUT2D eigenvalue weighted by Gasteiger charge is -2.30. The van der Waals surface area contributed by atoms with Crippen LogP contribution in [0.25, 0.3) is 0 Å². The van der Waals surface area contributed by atoms with E-state index in [1.165, 1.54) is 6.92 Å². The van der Waals surface area contributed by atoms with Crippen molar-refractivity contribution in [3.63, 3.8) is 0 Å². The second-order valence-electron chi connectivity index (χ2n) is 7.98. The number of halogens is 3. The van der Waals surface area contributed by atoms with Crippen LogP contribution < -0.4 is 4.90 Å². The molecule has 0 bridgehead atoms. The molecule has 2 rings (SSSR count). The molecule has 0 aliphatic heterocycles. The van der Waals surface area contributed by atoms with E-state index in [2.05, 4.69) is 6.58 Å². The Morgan fingerprint density at radius 1 is 1.22 bits per heavy atom. The molecule has 1 aliphatic rings. The van der Waals surface area contributed by atoms with E-state index >= 15 is 0 Å². The number of rotatable bonds is 11. The van der Waals surface area contributed by atoms with E-state index in [-0.39, 0.29) is 35.7 Å². The number of hydrogen-bond acceptors (Lipinski definition) is 4. The standard InChI is InChI=1S/C24H30Cl3NO4/c1-3-10-32-24(31)9-7-5-4-6-8-20-21(23(30)14-22(20)27)15-28(16(2)29)19-12-17(25)11-18(26)13-19/h3-4,6,11-13,20-23,30H,1,5,7-10,14-15H2,2H3/b6-4-/t20-,21-,22-,23-/m1/s1. The fourth-order valence-corrected chi connectivity index (χ4v) is 4.98. The lowest BCUT2D eigenvalue weighted by molar-refractivity contribution is -0.142. The summed E-state index contributed by atoms with van der Waals surface area (Å²) < 4.78 is 4.95. The number of aliphatic hydroxyl groups excluding tert-OH is 1. The molecule has 0 radical (unpaired) electrons. The first-order chi connectivity index (χ1) is 15.2. The molecule has 1 aliphatic carbocycles. The Labute approximate surface area is 205 Å². The fourth-order valence-electron chi connectivity index (χ4n) is 3.99. The van der Waals surface area contributed by atoms with E-state index in [1.807, 2.05) is 12.2 Å². The zero-order valence-electron chi connectivity index (χ0n) is 18.2. The zero-order valence-corrected chi connectivity index (χ0v) is 20.5. The van der Waals surface area contributed by atoms with Gasteiger partial charge in [-0.05, 0) is 49.8 Å². The van der Waals surface area contributed by atoms with Gasteiger partial charge in [0.2, 0.25) is 5.91 Å². The summed E-state index contributed by atoms with van der Waals surface area (Å²) in [5.41, 5.74) is 0.595. The molecule has 1 aromatic carbocycles. The highest BCUT2D eigenvalue weighted by atomic mass is 35.5. The van der Waals surface area contributed by atoms with Gasteiger partial charge in [0.25, 0.3) is 0 Å². The molecule has 4 atom stereocenters. The number of nitrogens with zero attached hydrogens (tertiary/aromatic N) is 1. The van der Waals surface area contributed by atoms with Gasteiger partial charge in [0.15, 0.2) is 0 Å². The Bertz CT molecular complexity index is 809. The average molecular weight is 503 g/mol. The number of aliphatic hydroxyl groups is 1. The predicted molar refractivity (Wildman–Crippen MR) is 130 cm³/mol. The van der Waals surface area contributed by atoms with Gasteiger partial charge in [0.1, 0.15) is 6.61 Å². The maximum atomic E-state index is 12.4. The minimum atomic E-state index is -0.605. The van der Waals surface area contributed by atoms with Crippen molar-refractivity contribution in [1.82, 2.24) is 0 Å². The summed E-state index contributed by atoms with van der Waals surface area (Å²) in [6.07, 6.45) is 7.95. The second kappa shape index (κ2) is 13.2. The van der Waals surface area contributed by atoms with E-state index in [4.69, 9.17) is 39.5 Å². The van der Waals surface area contributed by atoms with Gasteiger partial charge in [-0.2, -0.15) is 0 Å². The lowest BCUT2D eigenvalue weighted by Crippen LogP contribution is -2.38. The Balaban J connectivity index is 1.97. The van der Waals surface area contributed by atoms with Crippen molar-refractivity contribution in [2.45, 2.75) is 50.5 Å². The summed E-state index contributed by atoms with van der Waals surface area (Å²) in [6.45, 7) is 5.54. The molecule has 1 fully saturated rings. The zero-order chi connectivity index (χ0) is 23.7. The molecule has 8 heteroatoms. The highest BCUT2D eigenvalue weighted by Crippen LogP contribution is 2.40. The van der Waals surface area contributed by atoms with Gasteiger partial charge in [0, 0.05) is 46.9 Å². The van der Waals surface area contributed by atoms with Crippen LogP contribution >= 0.6 is 34.8 Å². The van der Waals surface area contributed by atoms with Crippen molar-refractivity contribution >= 4 is 52.4 Å². The number of ether oxygens (including phenoxy) is 1. The van der Waals surface area contributed by atoms with Crippen molar-refractivity contribution in [2.75, 3.05) is 18.1 Å². The first kappa shape index (κ1) is 26.7. The third-order valence-electron chi connectivity index (χ3n) is 5.60. The Morgan fingerprint density at radius 2 is 1.91 bits per heavy atom. The van der Waals surface area contributed by atoms with Crippen LogP contribution in [0.2, 0.25) is 10.0 Å². The van der Waals surface area contributed by atoms with Crippen LogP contribution in [-0.4, -0.2) is 41.6 Å². The molecule has 1 N–H and O–H groups in total. The molecule has 1 amide bonds. The summed E-state index contributed by atoms with van der Waals surface area (Å²) in [5.74, 6) is -0.565. The number of carbonyl (C=O) groups is 2. The van der Waals surface area contributed by atoms with Crippen molar-refractivity contribution in [3.05, 3.63) is 53.1 Å². The molecule has 1 saturated carbocycles. The van der Waals surface area contributed by atoms with Crippen molar-refractivity contribution in [3.8, 4) is 0 Å². The molecule has 1 aromatic rings. The third-order valence-corrected chi connectivity index (χ3v) is 6.53. The smallest absolute Gasteiger partial charge is 0.306 e. The highest BCUT2D eigenvalue weighted by Gasteiger charge is 2.42. The number of carbonyl (C=O) groups excluding carboxylic acids is 2. The number of anilines is 1. The first-order valence-corrected chi connectivity index (χ1v) is 11.9. The lowest BCUT2D eigenvalue weighted by atomic mass is 9.90. The summed E-state index contributed by atoms with van der Waals surface area (Å²) in [4.78, 5) is 25.5. The van der Waals surface area contributed by atoms with Crippen LogP contribution in [0, 0.1) is 11.8 Å². The topological polar surface area (TPSA) is 66.8 Å². The monoisotopic (exact) mass is 501 g/mol. The largest absolute Gasteiger partial charge is 0.461 e.